The Morgan fingerprint density at radius 2 is 2.22 bits per heavy atom. The lowest BCUT2D eigenvalue weighted by Crippen LogP contribution is -2.43. The summed E-state index contributed by atoms with van der Waals surface area (Å²) in [6.07, 6.45) is 7.46. The third-order valence-corrected chi connectivity index (χ3v) is 4.23. The molecule has 1 atom stereocenters. The lowest BCUT2D eigenvalue weighted by Gasteiger charge is -2.39. The first-order valence-corrected chi connectivity index (χ1v) is 7.26. The van der Waals surface area contributed by atoms with Crippen LogP contribution in [-0.2, 0) is 6.54 Å². The molecular formula is C15H27N3. The Morgan fingerprint density at radius 3 is 2.83 bits per heavy atom. The molecule has 1 N–H and O–H groups in total. The van der Waals surface area contributed by atoms with Crippen LogP contribution in [0.2, 0.25) is 0 Å². The molecule has 1 heterocycles. The average molecular weight is 249 g/mol. The van der Waals surface area contributed by atoms with Gasteiger partial charge in [0, 0.05) is 24.8 Å². The Balaban J connectivity index is 1.90. The fourth-order valence-corrected chi connectivity index (χ4v) is 2.86. The largest absolute Gasteiger partial charge is 0.308 e. The van der Waals surface area contributed by atoms with E-state index in [0.29, 0.717) is 17.5 Å². The van der Waals surface area contributed by atoms with Gasteiger partial charge in [0.15, 0.2) is 0 Å². The van der Waals surface area contributed by atoms with Crippen molar-refractivity contribution in [3.05, 3.63) is 18.0 Å². The summed E-state index contributed by atoms with van der Waals surface area (Å²) in [4.78, 5) is 0. The molecule has 18 heavy (non-hydrogen) atoms. The van der Waals surface area contributed by atoms with E-state index in [-0.39, 0.29) is 0 Å². The second kappa shape index (κ2) is 5.43. The maximum atomic E-state index is 4.60. The predicted octanol–water partition coefficient (Wildman–Crippen LogP) is 3.52. The number of nitrogens with one attached hydrogen (secondary N) is 1. The van der Waals surface area contributed by atoms with Crippen molar-refractivity contribution in [2.75, 3.05) is 0 Å². The molecule has 0 radical (unpaired) electrons. The van der Waals surface area contributed by atoms with E-state index in [9.17, 15) is 0 Å². The van der Waals surface area contributed by atoms with Crippen LogP contribution in [0.15, 0.2) is 12.3 Å². The summed E-state index contributed by atoms with van der Waals surface area (Å²) < 4.78 is 2.03. The molecule has 3 heteroatoms. The summed E-state index contributed by atoms with van der Waals surface area (Å²) in [5.74, 6) is 0. The molecule has 0 spiro atoms. The topological polar surface area (TPSA) is 29.9 Å². The molecule has 0 saturated heterocycles. The Labute approximate surface area is 111 Å². The molecule has 1 aromatic rings. The van der Waals surface area contributed by atoms with Crippen LogP contribution in [-0.4, -0.2) is 15.8 Å². The quantitative estimate of drug-likeness (QED) is 0.884. The van der Waals surface area contributed by atoms with Crippen LogP contribution in [0.25, 0.3) is 0 Å². The zero-order chi connectivity index (χ0) is 13.2. The normalized spacial score (nSPS) is 23.5. The molecule has 3 nitrogen and oxygen atoms in total. The Bertz CT molecular complexity index is 379. The van der Waals surface area contributed by atoms with Gasteiger partial charge in [0.05, 0.1) is 5.69 Å². The van der Waals surface area contributed by atoms with E-state index in [2.05, 4.69) is 50.4 Å². The van der Waals surface area contributed by atoms with Crippen molar-refractivity contribution in [2.24, 2.45) is 5.41 Å². The SMILES string of the molecule is CC(C)n1ccc(CNC2CCCCC2(C)C)n1. The van der Waals surface area contributed by atoms with Crippen LogP contribution in [0.5, 0.6) is 0 Å². The molecule has 0 amide bonds. The van der Waals surface area contributed by atoms with Crippen molar-refractivity contribution in [3.63, 3.8) is 0 Å². The Morgan fingerprint density at radius 1 is 1.44 bits per heavy atom. The predicted molar refractivity (Wildman–Crippen MR) is 75.5 cm³/mol. The monoisotopic (exact) mass is 249 g/mol. The molecule has 1 aromatic heterocycles. The minimum Gasteiger partial charge on any atom is -0.308 e. The van der Waals surface area contributed by atoms with Gasteiger partial charge in [-0.25, -0.2) is 0 Å². The van der Waals surface area contributed by atoms with E-state index in [1.807, 2.05) is 4.68 Å². The highest BCUT2D eigenvalue weighted by Gasteiger charge is 2.31. The third kappa shape index (κ3) is 3.14. The zero-order valence-electron chi connectivity index (χ0n) is 12.2. The second-order valence-corrected chi connectivity index (χ2v) is 6.55. The van der Waals surface area contributed by atoms with Crippen LogP contribution >= 0.6 is 0 Å². The molecule has 1 aliphatic carbocycles. The molecule has 1 unspecified atom stereocenters. The molecule has 1 saturated carbocycles. The number of hydrogen-bond donors (Lipinski definition) is 1. The van der Waals surface area contributed by atoms with Crippen LogP contribution in [0, 0.1) is 5.41 Å². The molecule has 102 valence electrons. The molecule has 1 aliphatic rings. The lowest BCUT2D eigenvalue weighted by molar-refractivity contribution is 0.166. The third-order valence-electron chi connectivity index (χ3n) is 4.23. The van der Waals surface area contributed by atoms with E-state index in [1.54, 1.807) is 0 Å². The second-order valence-electron chi connectivity index (χ2n) is 6.55. The van der Waals surface area contributed by atoms with Crippen LogP contribution in [0.3, 0.4) is 0 Å². The first-order chi connectivity index (χ1) is 8.49. The van der Waals surface area contributed by atoms with Crippen LogP contribution < -0.4 is 5.32 Å². The van der Waals surface area contributed by atoms with E-state index < -0.39 is 0 Å². The van der Waals surface area contributed by atoms with E-state index >= 15 is 0 Å². The fourth-order valence-electron chi connectivity index (χ4n) is 2.86. The fraction of sp³-hybridized carbons (Fsp3) is 0.800. The summed E-state index contributed by atoms with van der Waals surface area (Å²) >= 11 is 0. The summed E-state index contributed by atoms with van der Waals surface area (Å²) in [6.45, 7) is 9.99. The molecular weight excluding hydrogens is 222 g/mol. The smallest absolute Gasteiger partial charge is 0.0762 e. The van der Waals surface area contributed by atoms with Gasteiger partial charge in [-0.05, 0) is 38.2 Å². The highest BCUT2D eigenvalue weighted by atomic mass is 15.3. The Kier molecular flexibility index (Phi) is 4.10. The van der Waals surface area contributed by atoms with Gasteiger partial charge in [-0.15, -0.1) is 0 Å². The number of nitrogens with zero attached hydrogens (tertiary/aromatic N) is 2. The number of rotatable bonds is 4. The van der Waals surface area contributed by atoms with Gasteiger partial charge in [-0.1, -0.05) is 26.7 Å². The van der Waals surface area contributed by atoms with Gasteiger partial charge in [-0.3, -0.25) is 4.68 Å². The first-order valence-electron chi connectivity index (χ1n) is 7.26. The first kappa shape index (κ1) is 13.6. The summed E-state index contributed by atoms with van der Waals surface area (Å²) in [5, 5.41) is 8.30. The highest BCUT2D eigenvalue weighted by Crippen LogP contribution is 2.35. The van der Waals surface area contributed by atoms with Gasteiger partial charge >= 0.3 is 0 Å². The number of aromatic nitrogens is 2. The average Bonchev–Trinajstić information content (AvgIpc) is 2.76. The van der Waals surface area contributed by atoms with Crippen LogP contribution in [0.4, 0.5) is 0 Å². The van der Waals surface area contributed by atoms with Gasteiger partial charge in [0.2, 0.25) is 0 Å². The van der Waals surface area contributed by atoms with E-state index in [0.717, 1.165) is 12.2 Å². The maximum absolute atomic E-state index is 4.60. The summed E-state index contributed by atoms with van der Waals surface area (Å²) in [7, 11) is 0. The van der Waals surface area contributed by atoms with Crippen molar-refractivity contribution in [3.8, 4) is 0 Å². The molecule has 2 rings (SSSR count). The van der Waals surface area contributed by atoms with Crippen molar-refractivity contribution < 1.29 is 0 Å². The van der Waals surface area contributed by atoms with Crippen LogP contribution in [0.1, 0.15) is 65.1 Å². The molecule has 0 bridgehead atoms. The van der Waals surface area contributed by atoms with Gasteiger partial charge in [0.25, 0.3) is 0 Å². The van der Waals surface area contributed by atoms with Crippen molar-refractivity contribution >= 4 is 0 Å². The zero-order valence-corrected chi connectivity index (χ0v) is 12.2. The Hall–Kier alpha value is -0.830. The van der Waals surface area contributed by atoms with Gasteiger partial charge in [-0.2, -0.15) is 5.10 Å². The maximum Gasteiger partial charge on any atom is 0.0762 e. The van der Waals surface area contributed by atoms with Crippen molar-refractivity contribution in [2.45, 2.75) is 72.0 Å². The lowest BCUT2D eigenvalue weighted by atomic mass is 9.73. The summed E-state index contributed by atoms with van der Waals surface area (Å²) in [5.41, 5.74) is 1.59. The number of hydrogen-bond acceptors (Lipinski definition) is 2. The molecule has 1 fully saturated rings. The summed E-state index contributed by atoms with van der Waals surface area (Å²) in [6, 6.07) is 3.21. The van der Waals surface area contributed by atoms with Crippen molar-refractivity contribution in [1.29, 1.82) is 0 Å². The van der Waals surface area contributed by atoms with Gasteiger partial charge < -0.3 is 5.32 Å². The minimum atomic E-state index is 0.429. The van der Waals surface area contributed by atoms with Gasteiger partial charge in [0.1, 0.15) is 0 Å². The van der Waals surface area contributed by atoms with Crippen molar-refractivity contribution in [1.82, 2.24) is 15.1 Å². The molecule has 0 aromatic carbocycles. The van der Waals surface area contributed by atoms with E-state index in [1.165, 1.54) is 25.7 Å². The standard InChI is InChI=1S/C15H27N3/c1-12(2)18-10-8-13(17-18)11-16-14-7-5-6-9-15(14,3)4/h8,10,12,14,16H,5-7,9,11H2,1-4H3. The molecule has 0 aliphatic heterocycles. The minimum absolute atomic E-state index is 0.429. The highest BCUT2D eigenvalue weighted by molar-refractivity contribution is 5.00. The van der Waals surface area contributed by atoms with E-state index in [4.69, 9.17) is 0 Å².